The van der Waals surface area contributed by atoms with E-state index in [1.54, 1.807) is 7.11 Å². The van der Waals surface area contributed by atoms with E-state index < -0.39 is 5.41 Å². The molecule has 0 spiro atoms. The number of fused-ring (bicyclic) bond motifs is 2. The molecule has 3 atom stereocenters. The molecule has 0 aliphatic carbocycles. The maximum atomic E-state index is 13.9. The number of amides is 2. The van der Waals surface area contributed by atoms with E-state index in [1.165, 1.54) is 5.56 Å². The smallest absolute Gasteiger partial charge is 0.231 e. The van der Waals surface area contributed by atoms with Crippen LogP contribution < -0.4 is 0 Å². The van der Waals surface area contributed by atoms with Gasteiger partial charge in [-0.1, -0.05) is 37.3 Å². The number of methoxy groups -OCH3 is 1. The molecule has 1 aromatic carbocycles. The Balaban J connectivity index is 1.64. The predicted octanol–water partition coefficient (Wildman–Crippen LogP) is 3.03. The Kier molecular flexibility index (Phi) is 5.46. The molecule has 5 nitrogen and oxygen atoms in total. The molecular formula is C23H32N2O3. The monoisotopic (exact) mass is 384 g/mol. The zero-order valence-electron chi connectivity index (χ0n) is 17.1. The number of hydrogen-bond acceptors (Lipinski definition) is 3. The van der Waals surface area contributed by atoms with Crippen molar-refractivity contribution in [2.24, 2.45) is 5.41 Å². The molecule has 3 aliphatic rings. The molecule has 0 radical (unpaired) electrons. The fraction of sp³-hybridized carbons (Fsp3) is 0.652. The number of piperidine rings is 1. The van der Waals surface area contributed by atoms with Gasteiger partial charge in [0, 0.05) is 38.7 Å². The van der Waals surface area contributed by atoms with E-state index in [-0.39, 0.29) is 30.0 Å². The molecule has 2 amide bonds. The normalized spacial score (nSPS) is 30.1. The van der Waals surface area contributed by atoms with Crippen molar-refractivity contribution in [2.75, 3.05) is 20.2 Å². The molecule has 0 N–H and O–H groups in total. The number of ether oxygens (including phenoxy) is 1. The van der Waals surface area contributed by atoms with Crippen LogP contribution in [0.1, 0.15) is 51.0 Å². The zero-order chi connectivity index (χ0) is 19.7. The maximum Gasteiger partial charge on any atom is 0.231 e. The molecule has 0 aromatic heterocycles. The Morgan fingerprint density at radius 3 is 2.46 bits per heavy atom. The maximum absolute atomic E-state index is 13.9. The Morgan fingerprint density at radius 2 is 1.82 bits per heavy atom. The average molecular weight is 385 g/mol. The van der Waals surface area contributed by atoms with Crippen LogP contribution in [0.25, 0.3) is 0 Å². The van der Waals surface area contributed by atoms with Crippen LogP contribution in [0.3, 0.4) is 0 Å². The van der Waals surface area contributed by atoms with E-state index in [4.69, 9.17) is 4.74 Å². The second kappa shape index (κ2) is 7.86. The van der Waals surface area contributed by atoms with Gasteiger partial charge in [-0.15, -0.1) is 0 Å². The number of hydrogen-bond donors (Lipinski definition) is 0. The first-order chi connectivity index (χ1) is 13.6. The second-order valence-electron chi connectivity index (χ2n) is 8.65. The lowest BCUT2D eigenvalue weighted by molar-refractivity contribution is -0.147. The number of carbonyl (C=O) groups is 2. The third-order valence-electron chi connectivity index (χ3n) is 7.18. The lowest BCUT2D eigenvalue weighted by Crippen LogP contribution is -2.54. The van der Waals surface area contributed by atoms with Crippen LogP contribution in [0.4, 0.5) is 0 Å². The first-order valence-corrected chi connectivity index (χ1v) is 10.8. The third kappa shape index (κ3) is 3.24. The highest BCUT2D eigenvalue weighted by Crippen LogP contribution is 2.53. The van der Waals surface area contributed by atoms with Gasteiger partial charge in [-0.25, -0.2) is 0 Å². The van der Waals surface area contributed by atoms with Gasteiger partial charge in [0.05, 0.1) is 11.5 Å². The molecular weight excluding hydrogens is 352 g/mol. The summed E-state index contributed by atoms with van der Waals surface area (Å²) in [5.74, 6) is 0.459. The van der Waals surface area contributed by atoms with Gasteiger partial charge >= 0.3 is 0 Å². The van der Waals surface area contributed by atoms with Crippen LogP contribution in [-0.4, -0.2) is 60.0 Å². The summed E-state index contributed by atoms with van der Waals surface area (Å²) in [5, 5.41) is 0. The fourth-order valence-corrected chi connectivity index (χ4v) is 5.81. The molecule has 4 rings (SSSR count). The van der Waals surface area contributed by atoms with Crippen molar-refractivity contribution in [2.45, 2.75) is 70.1 Å². The van der Waals surface area contributed by atoms with Crippen LogP contribution in [0.5, 0.6) is 0 Å². The zero-order valence-corrected chi connectivity index (χ0v) is 17.1. The Bertz CT molecular complexity index is 714. The van der Waals surface area contributed by atoms with Crippen LogP contribution in [0.15, 0.2) is 30.3 Å². The lowest BCUT2D eigenvalue weighted by atomic mass is 9.68. The minimum atomic E-state index is -0.477. The van der Waals surface area contributed by atoms with E-state index in [0.717, 1.165) is 51.6 Å². The predicted molar refractivity (Wildman–Crippen MR) is 108 cm³/mol. The second-order valence-corrected chi connectivity index (χ2v) is 8.65. The standard InChI is InChI=1S/C23H32N2O3/c1-3-21(26)25-18-9-10-20(25)23(16-18,15-17-7-5-4-6-8-17)22(27)24-13-11-19(28-2)12-14-24/h4-8,18-20H,3,9-16H2,1-2H3/t18-,20+,23+/m0/s1. The summed E-state index contributed by atoms with van der Waals surface area (Å²) < 4.78 is 5.49. The van der Waals surface area contributed by atoms with Crippen molar-refractivity contribution in [3.8, 4) is 0 Å². The summed E-state index contributed by atoms with van der Waals surface area (Å²) in [4.78, 5) is 30.7. The highest BCUT2D eigenvalue weighted by atomic mass is 16.5. The summed E-state index contributed by atoms with van der Waals surface area (Å²) >= 11 is 0. The van der Waals surface area contributed by atoms with Crippen molar-refractivity contribution < 1.29 is 14.3 Å². The quantitative estimate of drug-likeness (QED) is 0.784. The summed E-state index contributed by atoms with van der Waals surface area (Å²) in [6, 6.07) is 10.6. The van der Waals surface area contributed by atoms with E-state index in [1.807, 2.05) is 30.0 Å². The van der Waals surface area contributed by atoms with Gasteiger partial charge in [-0.2, -0.15) is 0 Å². The fourth-order valence-electron chi connectivity index (χ4n) is 5.81. The Morgan fingerprint density at radius 1 is 1.11 bits per heavy atom. The van der Waals surface area contributed by atoms with Crippen molar-refractivity contribution in [3.05, 3.63) is 35.9 Å². The van der Waals surface area contributed by atoms with E-state index in [9.17, 15) is 9.59 Å². The molecule has 1 aromatic rings. The molecule has 3 heterocycles. The minimum absolute atomic E-state index is 0.0396. The summed E-state index contributed by atoms with van der Waals surface area (Å²) in [7, 11) is 1.75. The van der Waals surface area contributed by atoms with Crippen LogP contribution in [0, 0.1) is 5.41 Å². The van der Waals surface area contributed by atoms with Gasteiger partial charge < -0.3 is 14.5 Å². The van der Waals surface area contributed by atoms with Crippen molar-refractivity contribution >= 4 is 11.8 Å². The molecule has 2 bridgehead atoms. The molecule has 28 heavy (non-hydrogen) atoms. The van der Waals surface area contributed by atoms with Gasteiger partial charge in [0.25, 0.3) is 0 Å². The molecule has 3 aliphatic heterocycles. The van der Waals surface area contributed by atoms with E-state index >= 15 is 0 Å². The topological polar surface area (TPSA) is 49.9 Å². The van der Waals surface area contributed by atoms with Gasteiger partial charge in [-0.05, 0) is 44.1 Å². The Labute approximate surface area is 168 Å². The number of benzene rings is 1. The van der Waals surface area contributed by atoms with E-state index in [2.05, 4.69) is 17.0 Å². The molecule has 152 valence electrons. The van der Waals surface area contributed by atoms with Crippen molar-refractivity contribution in [3.63, 3.8) is 0 Å². The molecule has 3 saturated heterocycles. The van der Waals surface area contributed by atoms with Gasteiger partial charge in [0.15, 0.2) is 0 Å². The van der Waals surface area contributed by atoms with Crippen LogP contribution in [0.2, 0.25) is 0 Å². The van der Waals surface area contributed by atoms with Crippen LogP contribution >= 0.6 is 0 Å². The minimum Gasteiger partial charge on any atom is -0.381 e. The molecule has 0 saturated carbocycles. The van der Waals surface area contributed by atoms with Crippen LogP contribution in [-0.2, 0) is 20.7 Å². The Hall–Kier alpha value is -1.88. The van der Waals surface area contributed by atoms with Gasteiger partial charge in [0.1, 0.15) is 0 Å². The van der Waals surface area contributed by atoms with Crippen molar-refractivity contribution in [1.29, 1.82) is 0 Å². The first kappa shape index (κ1) is 19.4. The highest BCUT2D eigenvalue weighted by Gasteiger charge is 2.61. The first-order valence-electron chi connectivity index (χ1n) is 10.8. The summed E-state index contributed by atoms with van der Waals surface area (Å²) in [5.41, 5.74) is 0.716. The SMILES string of the molecule is CCC(=O)N1[C@H]2CC[C@@H]1[C@](Cc1ccccc1)(C(=O)N1CCC(OC)CC1)C2. The van der Waals surface area contributed by atoms with Crippen molar-refractivity contribution in [1.82, 2.24) is 9.80 Å². The summed E-state index contributed by atoms with van der Waals surface area (Å²) in [6.07, 6.45) is 6.09. The number of carbonyl (C=O) groups excluding carboxylic acids is 2. The van der Waals surface area contributed by atoms with Gasteiger partial charge in [-0.3, -0.25) is 9.59 Å². The number of likely N-dealkylation sites (tertiary alicyclic amines) is 1. The molecule has 5 heteroatoms. The molecule has 3 fully saturated rings. The summed E-state index contributed by atoms with van der Waals surface area (Å²) in [6.45, 7) is 3.44. The third-order valence-corrected chi connectivity index (χ3v) is 7.18. The average Bonchev–Trinajstić information content (AvgIpc) is 3.30. The molecule has 0 unspecified atom stereocenters. The number of nitrogens with zero attached hydrogens (tertiary/aromatic N) is 2. The highest BCUT2D eigenvalue weighted by molar-refractivity contribution is 5.87. The largest absolute Gasteiger partial charge is 0.381 e. The van der Waals surface area contributed by atoms with Gasteiger partial charge in [0.2, 0.25) is 11.8 Å². The lowest BCUT2D eigenvalue weighted by Gasteiger charge is -2.42. The number of rotatable bonds is 5. The van der Waals surface area contributed by atoms with E-state index in [0.29, 0.717) is 6.42 Å².